The zero-order valence-electron chi connectivity index (χ0n) is 9.96. The summed E-state index contributed by atoms with van der Waals surface area (Å²) in [5.74, 6) is -1.36. The van der Waals surface area contributed by atoms with Crippen LogP contribution in [0.1, 0.15) is 5.56 Å². The van der Waals surface area contributed by atoms with Gasteiger partial charge in [-0.3, -0.25) is 0 Å². The maximum absolute atomic E-state index is 10.2. The molecular weight excluding hydrogens is 238 g/mol. The SMILES string of the molecule is C=C(OC)C(=O)O.NC(=O)OCc1ccccc1. The van der Waals surface area contributed by atoms with Crippen molar-refractivity contribution in [2.75, 3.05) is 7.11 Å². The number of primary amides is 1. The number of carboxylic acid groups (broad SMARTS) is 1. The van der Waals surface area contributed by atoms with Gasteiger partial charge in [-0.15, -0.1) is 0 Å². The van der Waals surface area contributed by atoms with E-state index in [1.165, 1.54) is 7.11 Å². The van der Waals surface area contributed by atoms with Crippen LogP contribution in [0.3, 0.4) is 0 Å². The molecule has 0 bridgehead atoms. The van der Waals surface area contributed by atoms with Crippen LogP contribution in [-0.4, -0.2) is 24.3 Å². The van der Waals surface area contributed by atoms with Crippen LogP contribution < -0.4 is 5.73 Å². The van der Waals surface area contributed by atoms with E-state index in [0.29, 0.717) is 0 Å². The summed E-state index contributed by atoms with van der Waals surface area (Å²) in [6.45, 7) is 3.30. The minimum atomic E-state index is -1.12. The summed E-state index contributed by atoms with van der Waals surface area (Å²) < 4.78 is 8.78. The topological polar surface area (TPSA) is 98.9 Å². The highest BCUT2D eigenvalue weighted by Crippen LogP contribution is 1.99. The molecule has 0 radical (unpaired) electrons. The summed E-state index contributed by atoms with van der Waals surface area (Å²) in [5.41, 5.74) is 5.72. The van der Waals surface area contributed by atoms with Gasteiger partial charge in [0.1, 0.15) is 6.61 Å². The molecule has 1 aromatic carbocycles. The highest BCUT2D eigenvalue weighted by molar-refractivity contribution is 5.83. The van der Waals surface area contributed by atoms with Crippen molar-refractivity contribution in [2.24, 2.45) is 5.73 Å². The van der Waals surface area contributed by atoms with Gasteiger partial charge < -0.3 is 20.3 Å². The molecule has 0 atom stereocenters. The Kier molecular flexibility index (Phi) is 7.43. The van der Waals surface area contributed by atoms with Crippen molar-refractivity contribution in [3.8, 4) is 0 Å². The average molecular weight is 253 g/mol. The fourth-order valence-corrected chi connectivity index (χ4v) is 0.816. The number of methoxy groups -OCH3 is 1. The van der Waals surface area contributed by atoms with E-state index in [2.05, 4.69) is 16.1 Å². The number of carboxylic acids is 1. The predicted octanol–water partition coefficient (Wildman–Crippen LogP) is 1.51. The number of carbonyl (C=O) groups excluding carboxylic acids is 1. The summed E-state index contributed by atoms with van der Waals surface area (Å²) in [6, 6.07) is 9.37. The van der Waals surface area contributed by atoms with Gasteiger partial charge >= 0.3 is 12.1 Å². The summed E-state index contributed by atoms with van der Waals surface area (Å²) in [4.78, 5) is 19.9. The van der Waals surface area contributed by atoms with Gasteiger partial charge in [0.05, 0.1) is 7.11 Å². The van der Waals surface area contributed by atoms with Crippen LogP contribution in [0.5, 0.6) is 0 Å². The molecule has 0 fully saturated rings. The third-order valence-electron chi connectivity index (χ3n) is 1.71. The fourth-order valence-electron chi connectivity index (χ4n) is 0.816. The summed E-state index contributed by atoms with van der Waals surface area (Å²) in [5, 5.41) is 7.96. The molecule has 6 heteroatoms. The Bertz CT molecular complexity index is 402. The van der Waals surface area contributed by atoms with Crippen molar-refractivity contribution in [3.05, 3.63) is 48.2 Å². The number of hydrogen-bond acceptors (Lipinski definition) is 4. The number of benzene rings is 1. The Morgan fingerprint density at radius 1 is 1.33 bits per heavy atom. The molecule has 0 aliphatic carbocycles. The van der Waals surface area contributed by atoms with Crippen molar-refractivity contribution in [2.45, 2.75) is 6.61 Å². The van der Waals surface area contributed by atoms with E-state index in [-0.39, 0.29) is 12.4 Å². The van der Waals surface area contributed by atoms with Gasteiger partial charge in [0.2, 0.25) is 0 Å². The van der Waals surface area contributed by atoms with Gasteiger partial charge in [0.25, 0.3) is 0 Å². The first-order valence-electron chi connectivity index (χ1n) is 4.89. The minimum Gasteiger partial charge on any atom is -0.490 e. The monoisotopic (exact) mass is 253 g/mol. The quantitative estimate of drug-likeness (QED) is 0.626. The van der Waals surface area contributed by atoms with Gasteiger partial charge in [-0.1, -0.05) is 30.3 Å². The molecule has 98 valence electrons. The zero-order valence-corrected chi connectivity index (χ0v) is 9.96. The maximum atomic E-state index is 10.2. The van der Waals surface area contributed by atoms with Crippen LogP contribution in [0.2, 0.25) is 0 Å². The Hall–Kier alpha value is -2.50. The van der Waals surface area contributed by atoms with Crippen molar-refractivity contribution < 1.29 is 24.2 Å². The minimum absolute atomic E-state index is 0.236. The van der Waals surface area contributed by atoms with Gasteiger partial charge in [-0.25, -0.2) is 9.59 Å². The smallest absolute Gasteiger partial charge is 0.404 e. The van der Waals surface area contributed by atoms with Crippen LogP contribution >= 0.6 is 0 Å². The molecule has 0 spiro atoms. The molecule has 0 heterocycles. The van der Waals surface area contributed by atoms with Crippen LogP contribution in [-0.2, 0) is 20.9 Å². The summed E-state index contributed by atoms with van der Waals surface area (Å²) in [6.07, 6.45) is -0.742. The summed E-state index contributed by atoms with van der Waals surface area (Å²) >= 11 is 0. The van der Waals surface area contributed by atoms with Crippen LogP contribution in [0.15, 0.2) is 42.7 Å². The Morgan fingerprint density at radius 2 is 1.89 bits per heavy atom. The lowest BCUT2D eigenvalue weighted by molar-refractivity contribution is -0.136. The molecule has 3 N–H and O–H groups in total. The molecule has 1 aromatic rings. The molecule has 0 saturated carbocycles. The van der Waals surface area contributed by atoms with E-state index in [0.717, 1.165) is 5.56 Å². The van der Waals surface area contributed by atoms with E-state index in [1.807, 2.05) is 30.3 Å². The average Bonchev–Trinajstić information content (AvgIpc) is 2.37. The van der Waals surface area contributed by atoms with E-state index >= 15 is 0 Å². The molecule has 18 heavy (non-hydrogen) atoms. The number of rotatable bonds is 4. The zero-order chi connectivity index (χ0) is 14.0. The molecule has 1 rings (SSSR count). The van der Waals surface area contributed by atoms with Gasteiger partial charge in [-0.2, -0.15) is 0 Å². The molecule has 0 aliphatic heterocycles. The van der Waals surface area contributed by atoms with E-state index in [1.54, 1.807) is 0 Å². The molecule has 6 nitrogen and oxygen atoms in total. The normalized spacial score (nSPS) is 8.50. The Morgan fingerprint density at radius 3 is 2.22 bits per heavy atom. The summed E-state index contributed by atoms with van der Waals surface area (Å²) in [7, 11) is 1.26. The lowest BCUT2D eigenvalue weighted by atomic mass is 10.2. The van der Waals surface area contributed by atoms with Gasteiger partial charge in [0, 0.05) is 0 Å². The van der Waals surface area contributed by atoms with Crippen molar-refractivity contribution in [1.29, 1.82) is 0 Å². The lowest BCUT2D eigenvalue weighted by Gasteiger charge is -1.99. The van der Waals surface area contributed by atoms with Crippen molar-refractivity contribution in [3.63, 3.8) is 0 Å². The highest BCUT2D eigenvalue weighted by Gasteiger charge is 1.98. The number of nitrogens with two attached hydrogens (primary N) is 1. The molecule has 1 amide bonds. The van der Waals surface area contributed by atoms with Gasteiger partial charge in [0.15, 0.2) is 5.76 Å². The van der Waals surface area contributed by atoms with E-state index in [9.17, 15) is 9.59 Å². The van der Waals surface area contributed by atoms with E-state index < -0.39 is 12.1 Å². The second-order valence-corrected chi connectivity index (χ2v) is 3.03. The molecule has 0 unspecified atom stereocenters. The first-order chi connectivity index (χ1) is 8.47. The van der Waals surface area contributed by atoms with Crippen LogP contribution in [0.25, 0.3) is 0 Å². The number of ether oxygens (including phenoxy) is 2. The maximum Gasteiger partial charge on any atom is 0.404 e. The second-order valence-electron chi connectivity index (χ2n) is 3.03. The van der Waals surface area contributed by atoms with Crippen LogP contribution in [0, 0.1) is 0 Å². The first-order valence-corrected chi connectivity index (χ1v) is 4.89. The molecule has 0 aliphatic rings. The third kappa shape index (κ3) is 7.75. The number of aliphatic carboxylic acids is 1. The Labute approximate surface area is 105 Å². The fraction of sp³-hybridized carbons (Fsp3) is 0.167. The number of amides is 1. The van der Waals surface area contributed by atoms with Crippen molar-refractivity contribution >= 4 is 12.1 Å². The molecule has 0 aromatic heterocycles. The first kappa shape index (κ1) is 15.5. The van der Waals surface area contributed by atoms with Crippen LogP contribution in [0.4, 0.5) is 4.79 Å². The van der Waals surface area contributed by atoms with E-state index in [4.69, 9.17) is 10.8 Å². The largest absolute Gasteiger partial charge is 0.490 e. The predicted molar refractivity (Wildman–Crippen MR) is 64.6 cm³/mol. The number of carbonyl (C=O) groups is 2. The second kappa shape index (κ2) is 8.63. The van der Waals surface area contributed by atoms with Crippen molar-refractivity contribution in [1.82, 2.24) is 0 Å². The Balaban J connectivity index is 0.000000360. The molecule has 0 saturated heterocycles. The molecular formula is C12H15NO5. The standard InChI is InChI=1S/C8H9NO2.C4H6O3/c9-8(10)11-6-7-4-2-1-3-5-7;1-3(7-2)4(5)6/h1-5H,6H2,(H2,9,10);1H2,2H3,(H,5,6). The highest BCUT2D eigenvalue weighted by atomic mass is 16.5. The lowest BCUT2D eigenvalue weighted by Crippen LogP contribution is -2.12. The third-order valence-corrected chi connectivity index (χ3v) is 1.71. The number of hydrogen-bond donors (Lipinski definition) is 2. The van der Waals surface area contributed by atoms with Gasteiger partial charge in [-0.05, 0) is 12.1 Å².